The van der Waals surface area contributed by atoms with Gasteiger partial charge in [-0.15, -0.1) is 0 Å². The van der Waals surface area contributed by atoms with Crippen LogP contribution in [0.3, 0.4) is 0 Å². The Balaban J connectivity index is 1.66. The van der Waals surface area contributed by atoms with Gasteiger partial charge in [-0.25, -0.2) is 14.2 Å². The maximum atomic E-state index is 11.7. The molecule has 0 radical (unpaired) electrons. The lowest BCUT2D eigenvalue weighted by atomic mass is 10.2. The van der Waals surface area contributed by atoms with Gasteiger partial charge in [0, 0.05) is 12.6 Å². The van der Waals surface area contributed by atoms with Crippen molar-refractivity contribution in [2.75, 3.05) is 18.9 Å². The van der Waals surface area contributed by atoms with Gasteiger partial charge in [0.05, 0.1) is 19.8 Å². The van der Waals surface area contributed by atoms with Gasteiger partial charge in [-0.2, -0.15) is 4.98 Å². The predicted octanol–water partition coefficient (Wildman–Crippen LogP) is 1.42. The van der Waals surface area contributed by atoms with E-state index in [1.54, 1.807) is 0 Å². The van der Waals surface area contributed by atoms with Crippen molar-refractivity contribution >= 4 is 11.9 Å². The topological polar surface area (TPSA) is 96.4 Å². The summed E-state index contributed by atoms with van der Waals surface area (Å²) >= 11 is 0. The Bertz CT molecular complexity index is 670. The molecule has 0 atom stereocenters. The number of nitrogens with two attached hydrogens (primary N) is 1. The average Bonchev–Trinajstić information content (AvgIpc) is 2.51. The summed E-state index contributed by atoms with van der Waals surface area (Å²) < 4.78 is 11.2. The molecular formula is C15H17N3O4. The summed E-state index contributed by atoms with van der Waals surface area (Å²) in [4.78, 5) is 26.5. The van der Waals surface area contributed by atoms with E-state index in [4.69, 9.17) is 15.2 Å². The predicted molar refractivity (Wildman–Crippen MR) is 80.4 cm³/mol. The Labute approximate surface area is 127 Å². The van der Waals surface area contributed by atoms with E-state index in [0.717, 1.165) is 10.1 Å². The van der Waals surface area contributed by atoms with Crippen LogP contribution in [0.5, 0.6) is 0 Å². The highest BCUT2D eigenvalue weighted by atomic mass is 16.6. The van der Waals surface area contributed by atoms with Crippen molar-refractivity contribution in [3.63, 3.8) is 0 Å². The second kappa shape index (κ2) is 7.94. The van der Waals surface area contributed by atoms with Gasteiger partial charge >= 0.3 is 11.8 Å². The van der Waals surface area contributed by atoms with Crippen LogP contribution in [0.25, 0.3) is 0 Å². The van der Waals surface area contributed by atoms with E-state index >= 15 is 0 Å². The Kier molecular flexibility index (Phi) is 5.67. The highest BCUT2D eigenvalue weighted by Crippen LogP contribution is 2.01. The molecule has 0 aliphatic rings. The maximum absolute atomic E-state index is 11.7. The summed E-state index contributed by atoms with van der Waals surface area (Å²) in [5.74, 6) is 0.0587. The number of ether oxygens (including phenoxy) is 2. The Morgan fingerprint density at radius 3 is 2.68 bits per heavy atom. The van der Waals surface area contributed by atoms with E-state index < -0.39 is 11.8 Å². The molecule has 1 heterocycles. The Morgan fingerprint density at radius 2 is 1.95 bits per heavy atom. The lowest BCUT2D eigenvalue weighted by Gasteiger charge is -2.07. The Hall–Kier alpha value is -2.67. The second-order valence-electron chi connectivity index (χ2n) is 4.51. The minimum Gasteiger partial charge on any atom is -0.449 e. The van der Waals surface area contributed by atoms with Gasteiger partial charge in [0.1, 0.15) is 5.82 Å². The standard InChI is InChI=1S/C15H17N3O4/c16-13-7-8-18(14(19)17-13)15(20)22-10-4-9-21-11-12-5-2-1-3-6-12/h1-3,5-8H,4,9-11H2,(H2,16,17,19). The third-order valence-electron chi connectivity index (χ3n) is 2.79. The number of aromatic nitrogens is 2. The first-order valence-electron chi connectivity index (χ1n) is 6.81. The van der Waals surface area contributed by atoms with Crippen LogP contribution in [-0.4, -0.2) is 28.9 Å². The zero-order valence-corrected chi connectivity index (χ0v) is 12.0. The van der Waals surface area contributed by atoms with Gasteiger partial charge in [0.25, 0.3) is 0 Å². The molecule has 2 aromatic rings. The number of hydrogen-bond donors (Lipinski definition) is 1. The van der Waals surface area contributed by atoms with Crippen LogP contribution in [0.1, 0.15) is 12.0 Å². The largest absolute Gasteiger partial charge is 0.449 e. The lowest BCUT2D eigenvalue weighted by Crippen LogP contribution is -2.30. The van der Waals surface area contributed by atoms with Gasteiger partial charge in [-0.3, -0.25) is 0 Å². The summed E-state index contributed by atoms with van der Waals surface area (Å²) in [6.07, 6.45) is 0.995. The van der Waals surface area contributed by atoms with Crippen LogP contribution in [0.15, 0.2) is 47.4 Å². The van der Waals surface area contributed by atoms with Crippen molar-refractivity contribution in [3.8, 4) is 0 Å². The van der Waals surface area contributed by atoms with Crippen LogP contribution < -0.4 is 11.4 Å². The van der Waals surface area contributed by atoms with Crippen molar-refractivity contribution < 1.29 is 14.3 Å². The zero-order chi connectivity index (χ0) is 15.8. The fourth-order valence-corrected chi connectivity index (χ4v) is 1.71. The number of carbonyl (C=O) groups excluding carboxylic acids is 1. The molecule has 2 N–H and O–H groups in total. The molecule has 0 fully saturated rings. The summed E-state index contributed by atoms with van der Waals surface area (Å²) in [5, 5.41) is 0. The third-order valence-corrected chi connectivity index (χ3v) is 2.79. The molecular weight excluding hydrogens is 286 g/mol. The monoisotopic (exact) mass is 303 g/mol. The van der Waals surface area contributed by atoms with Gasteiger partial charge < -0.3 is 15.2 Å². The molecule has 7 heteroatoms. The zero-order valence-electron chi connectivity index (χ0n) is 12.0. The summed E-state index contributed by atoms with van der Waals surface area (Å²) in [7, 11) is 0. The molecule has 0 spiro atoms. The molecule has 0 amide bonds. The van der Waals surface area contributed by atoms with Crippen LogP contribution in [-0.2, 0) is 16.1 Å². The first-order valence-corrected chi connectivity index (χ1v) is 6.81. The normalized spacial score (nSPS) is 10.4. The number of anilines is 1. The van der Waals surface area contributed by atoms with Crippen LogP contribution in [0, 0.1) is 0 Å². The SMILES string of the molecule is Nc1ccn(C(=O)OCCCOCc2ccccc2)c(=O)n1. The molecule has 7 nitrogen and oxygen atoms in total. The highest BCUT2D eigenvalue weighted by Gasteiger charge is 2.08. The number of benzene rings is 1. The highest BCUT2D eigenvalue weighted by molar-refractivity contribution is 5.70. The third kappa shape index (κ3) is 4.71. The number of nitrogen functional groups attached to an aromatic ring is 1. The van der Waals surface area contributed by atoms with E-state index in [1.807, 2.05) is 30.3 Å². The molecule has 0 aliphatic heterocycles. The van der Waals surface area contributed by atoms with Gasteiger partial charge in [0.15, 0.2) is 0 Å². The second-order valence-corrected chi connectivity index (χ2v) is 4.51. The smallest absolute Gasteiger partial charge is 0.422 e. The van der Waals surface area contributed by atoms with Crippen molar-refractivity contribution in [1.82, 2.24) is 9.55 Å². The number of carbonyl (C=O) groups is 1. The molecule has 0 bridgehead atoms. The van der Waals surface area contributed by atoms with Crippen molar-refractivity contribution in [3.05, 3.63) is 58.6 Å². The van der Waals surface area contributed by atoms with E-state index in [2.05, 4.69) is 4.98 Å². The van der Waals surface area contributed by atoms with Crippen molar-refractivity contribution in [2.45, 2.75) is 13.0 Å². The van der Waals surface area contributed by atoms with E-state index in [9.17, 15) is 9.59 Å². The summed E-state index contributed by atoms with van der Waals surface area (Å²) in [6, 6.07) is 11.1. The molecule has 1 aromatic heterocycles. The van der Waals surface area contributed by atoms with E-state index in [-0.39, 0.29) is 12.4 Å². The number of hydrogen-bond acceptors (Lipinski definition) is 6. The minimum absolute atomic E-state index is 0.0587. The van der Waals surface area contributed by atoms with Crippen LogP contribution >= 0.6 is 0 Å². The van der Waals surface area contributed by atoms with Crippen molar-refractivity contribution in [1.29, 1.82) is 0 Å². The lowest BCUT2D eigenvalue weighted by molar-refractivity contribution is 0.0923. The minimum atomic E-state index is -0.777. The molecule has 0 saturated heterocycles. The molecule has 1 aromatic carbocycles. The average molecular weight is 303 g/mol. The number of rotatable bonds is 6. The van der Waals surface area contributed by atoms with E-state index in [1.165, 1.54) is 12.3 Å². The van der Waals surface area contributed by atoms with Crippen LogP contribution in [0.2, 0.25) is 0 Å². The first-order chi connectivity index (χ1) is 10.7. The summed E-state index contributed by atoms with van der Waals surface area (Å²) in [6.45, 7) is 1.12. The molecule has 0 aliphatic carbocycles. The molecule has 0 unspecified atom stereocenters. The Morgan fingerprint density at radius 1 is 1.18 bits per heavy atom. The quantitative estimate of drug-likeness (QED) is 0.811. The summed E-state index contributed by atoms with van der Waals surface area (Å²) in [5.41, 5.74) is 5.66. The maximum Gasteiger partial charge on any atom is 0.422 e. The fourth-order valence-electron chi connectivity index (χ4n) is 1.71. The molecule has 0 saturated carbocycles. The molecule has 22 heavy (non-hydrogen) atoms. The van der Waals surface area contributed by atoms with E-state index in [0.29, 0.717) is 19.6 Å². The van der Waals surface area contributed by atoms with Crippen molar-refractivity contribution in [2.24, 2.45) is 0 Å². The fraction of sp³-hybridized carbons (Fsp3) is 0.267. The van der Waals surface area contributed by atoms with Gasteiger partial charge in [0.2, 0.25) is 0 Å². The van der Waals surface area contributed by atoms with Gasteiger partial charge in [-0.05, 0) is 11.6 Å². The number of nitrogens with zero attached hydrogens (tertiary/aromatic N) is 2. The van der Waals surface area contributed by atoms with Crippen LogP contribution in [0.4, 0.5) is 10.6 Å². The molecule has 116 valence electrons. The van der Waals surface area contributed by atoms with Gasteiger partial charge in [-0.1, -0.05) is 30.3 Å². The first kappa shape index (κ1) is 15.7. The molecule has 2 rings (SSSR count).